The Balaban J connectivity index is 1.73. The maximum absolute atomic E-state index is 14.2. The Kier molecular flexibility index (Phi) is 7.23. The molecule has 0 bridgehead atoms. The number of likely N-dealkylation sites (tertiary alicyclic amines) is 1. The van der Waals surface area contributed by atoms with Gasteiger partial charge in [-0.3, -0.25) is 24.6 Å². The van der Waals surface area contributed by atoms with Crippen LogP contribution in [0.1, 0.15) is 29.2 Å². The summed E-state index contributed by atoms with van der Waals surface area (Å²) >= 11 is 0. The standard InChI is InChI=1S/C25H26FN3O6/c1-16-6-7-18(15-20(16)26)23(30)21-22(17-4-2-5-19(14-17)29(33)34)28(25(32)24(21)31)9-3-8-27-10-12-35-13-11-27/h2,4-7,14-15,22,30H,3,8-13H2,1H3. The monoisotopic (exact) mass is 483 g/mol. The zero-order chi connectivity index (χ0) is 25.1. The summed E-state index contributed by atoms with van der Waals surface area (Å²) in [6.07, 6.45) is 0.553. The number of carbonyl (C=O) groups excluding carboxylic acids is 2. The second-order valence-electron chi connectivity index (χ2n) is 8.62. The van der Waals surface area contributed by atoms with Crippen LogP contribution in [0.25, 0.3) is 5.76 Å². The quantitative estimate of drug-likeness (QED) is 0.212. The van der Waals surface area contributed by atoms with Gasteiger partial charge in [-0.25, -0.2) is 4.39 Å². The largest absolute Gasteiger partial charge is 0.507 e. The molecule has 1 atom stereocenters. The van der Waals surface area contributed by atoms with Crippen molar-refractivity contribution >= 4 is 23.1 Å². The molecule has 1 amide bonds. The number of aliphatic hydroxyl groups is 1. The summed E-state index contributed by atoms with van der Waals surface area (Å²) in [5.74, 6) is -2.81. The molecule has 0 spiro atoms. The Morgan fingerprint density at radius 3 is 2.60 bits per heavy atom. The van der Waals surface area contributed by atoms with E-state index < -0.39 is 34.2 Å². The van der Waals surface area contributed by atoms with Crippen LogP contribution in [0.2, 0.25) is 0 Å². The number of ketones is 1. The number of hydrogen-bond donors (Lipinski definition) is 1. The number of morpholine rings is 1. The number of nitrogens with zero attached hydrogens (tertiary/aromatic N) is 3. The molecule has 1 unspecified atom stereocenters. The Bertz CT molecular complexity index is 1190. The minimum absolute atomic E-state index is 0.0508. The van der Waals surface area contributed by atoms with Gasteiger partial charge in [0.2, 0.25) is 0 Å². The first-order valence-corrected chi connectivity index (χ1v) is 11.4. The number of carbonyl (C=O) groups is 2. The molecule has 35 heavy (non-hydrogen) atoms. The zero-order valence-electron chi connectivity index (χ0n) is 19.3. The normalized spacial score (nSPS) is 20.4. The highest BCUT2D eigenvalue weighted by Gasteiger charge is 2.46. The minimum Gasteiger partial charge on any atom is -0.507 e. The average Bonchev–Trinajstić information content (AvgIpc) is 3.11. The number of nitro groups is 1. The molecule has 1 N–H and O–H groups in total. The Morgan fingerprint density at radius 1 is 1.17 bits per heavy atom. The molecule has 2 aliphatic rings. The van der Waals surface area contributed by atoms with E-state index in [0.717, 1.165) is 19.2 Å². The molecule has 2 aliphatic heterocycles. The molecule has 10 heteroatoms. The predicted octanol–water partition coefficient (Wildman–Crippen LogP) is 3.19. The van der Waals surface area contributed by atoms with E-state index in [4.69, 9.17) is 4.74 Å². The van der Waals surface area contributed by atoms with Crippen LogP contribution in [0, 0.1) is 22.9 Å². The summed E-state index contributed by atoms with van der Waals surface area (Å²) in [4.78, 5) is 40.5. The van der Waals surface area contributed by atoms with Gasteiger partial charge in [0, 0.05) is 43.9 Å². The third kappa shape index (κ3) is 5.08. The van der Waals surface area contributed by atoms with Crippen LogP contribution in [-0.2, 0) is 14.3 Å². The van der Waals surface area contributed by atoms with E-state index in [1.54, 1.807) is 13.0 Å². The van der Waals surface area contributed by atoms with E-state index in [0.29, 0.717) is 37.3 Å². The molecular formula is C25H26FN3O6. The van der Waals surface area contributed by atoms with Crippen LogP contribution in [0.5, 0.6) is 0 Å². The number of rotatable bonds is 7. The Labute approximate surface area is 201 Å². The number of hydrogen-bond acceptors (Lipinski definition) is 7. The van der Waals surface area contributed by atoms with Gasteiger partial charge in [0.15, 0.2) is 0 Å². The number of aliphatic hydroxyl groups excluding tert-OH is 1. The summed E-state index contributed by atoms with van der Waals surface area (Å²) in [5, 5.41) is 22.4. The number of ether oxygens (including phenoxy) is 1. The van der Waals surface area contributed by atoms with Crippen molar-refractivity contribution in [2.45, 2.75) is 19.4 Å². The highest BCUT2D eigenvalue weighted by molar-refractivity contribution is 6.46. The van der Waals surface area contributed by atoms with Crippen LogP contribution in [-0.4, -0.2) is 70.9 Å². The number of nitro benzene ring substituents is 1. The lowest BCUT2D eigenvalue weighted by molar-refractivity contribution is -0.384. The lowest BCUT2D eigenvalue weighted by atomic mass is 9.94. The maximum atomic E-state index is 14.2. The van der Waals surface area contributed by atoms with Crippen molar-refractivity contribution in [2.75, 3.05) is 39.4 Å². The average molecular weight is 483 g/mol. The van der Waals surface area contributed by atoms with E-state index in [2.05, 4.69) is 4.90 Å². The van der Waals surface area contributed by atoms with Crippen molar-refractivity contribution in [1.82, 2.24) is 9.80 Å². The van der Waals surface area contributed by atoms with Gasteiger partial charge in [0.05, 0.1) is 29.8 Å². The summed E-state index contributed by atoms with van der Waals surface area (Å²) in [6.45, 7) is 5.25. The van der Waals surface area contributed by atoms with Gasteiger partial charge >= 0.3 is 0 Å². The lowest BCUT2D eigenvalue weighted by Crippen LogP contribution is -2.39. The van der Waals surface area contributed by atoms with Crippen LogP contribution in [0.4, 0.5) is 10.1 Å². The molecule has 184 valence electrons. The number of halogens is 1. The fourth-order valence-electron chi connectivity index (χ4n) is 4.45. The fraction of sp³-hybridized carbons (Fsp3) is 0.360. The minimum atomic E-state index is -1.04. The van der Waals surface area contributed by atoms with Crippen molar-refractivity contribution in [3.05, 3.63) is 80.7 Å². The van der Waals surface area contributed by atoms with Gasteiger partial charge in [-0.1, -0.05) is 24.3 Å². The van der Waals surface area contributed by atoms with Gasteiger partial charge in [0.25, 0.3) is 17.4 Å². The molecule has 2 aromatic rings. The van der Waals surface area contributed by atoms with Crippen molar-refractivity contribution in [1.29, 1.82) is 0 Å². The second-order valence-corrected chi connectivity index (χ2v) is 8.62. The van der Waals surface area contributed by atoms with E-state index >= 15 is 0 Å². The number of aryl methyl sites for hydroxylation is 1. The van der Waals surface area contributed by atoms with Crippen molar-refractivity contribution in [3.8, 4) is 0 Å². The van der Waals surface area contributed by atoms with Crippen LogP contribution in [0.15, 0.2) is 48.0 Å². The van der Waals surface area contributed by atoms with Crippen LogP contribution in [0.3, 0.4) is 0 Å². The maximum Gasteiger partial charge on any atom is 0.295 e. The first-order chi connectivity index (χ1) is 16.8. The number of Topliss-reactive ketones (excluding diaryl/α,β-unsaturated/α-hetero) is 1. The number of amides is 1. The predicted molar refractivity (Wildman–Crippen MR) is 125 cm³/mol. The summed E-state index contributed by atoms with van der Waals surface area (Å²) in [5.41, 5.74) is 0.307. The van der Waals surface area contributed by atoms with Gasteiger partial charge in [-0.15, -0.1) is 0 Å². The third-order valence-corrected chi connectivity index (χ3v) is 6.36. The van der Waals surface area contributed by atoms with Gasteiger partial charge in [0.1, 0.15) is 11.6 Å². The Morgan fingerprint density at radius 2 is 1.91 bits per heavy atom. The summed E-state index contributed by atoms with van der Waals surface area (Å²) in [7, 11) is 0. The van der Waals surface area contributed by atoms with Gasteiger partial charge < -0.3 is 14.7 Å². The summed E-state index contributed by atoms with van der Waals surface area (Å²) in [6, 6.07) is 8.62. The van der Waals surface area contributed by atoms with E-state index in [9.17, 15) is 29.2 Å². The molecule has 0 aromatic heterocycles. The van der Waals surface area contributed by atoms with E-state index in [1.807, 2.05) is 0 Å². The number of benzene rings is 2. The van der Waals surface area contributed by atoms with Gasteiger partial charge in [-0.2, -0.15) is 0 Å². The highest BCUT2D eigenvalue weighted by atomic mass is 19.1. The summed E-state index contributed by atoms with van der Waals surface area (Å²) < 4.78 is 19.5. The molecule has 2 fully saturated rings. The first-order valence-electron chi connectivity index (χ1n) is 11.4. The molecule has 0 aliphatic carbocycles. The Hall–Kier alpha value is -3.63. The molecule has 4 rings (SSSR count). The third-order valence-electron chi connectivity index (χ3n) is 6.36. The van der Waals surface area contributed by atoms with Crippen LogP contribution < -0.4 is 0 Å². The lowest BCUT2D eigenvalue weighted by Gasteiger charge is -2.29. The topological polar surface area (TPSA) is 113 Å². The molecule has 0 radical (unpaired) electrons. The SMILES string of the molecule is Cc1ccc(C(O)=C2C(=O)C(=O)N(CCCN3CCOCC3)C2c2cccc([N+](=O)[O-])c2)cc1F. The molecular weight excluding hydrogens is 457 g/mol. The highest BCUT2D eigenvalue weighted by Crippen LogP contribution is 2.40. The van der Waals surface area contributed by atoms with Crippen molar-refractivity contribution in [2.24, 2.45) is 0 Å². The first kappa shape index (κ1) is 24.5. The zero-order valence-corrected chi connectivity index (χ0v) is 19.3. The van der Waals surface area contributed by atoms with Crippen molar-refractivity contribution in [3.63, 3.8) is 0 Å². The second kappa shape index (κ2) is 10.3. The molecule has 0 saturated carbocycles. The van der Waals surface area contributed by atoms with Crippen LogP contribution >= 0.6 is 0 Å². The van der Waals surface area contributed by atoms with E-state index in [-0.39, 0.29) is 23.4 Å². The van der Waals surface area contributed by atoms with E-state index in [1.165, 1.54) is 35.2 Å². The number of non-ortho nitro benzene ring substituents is 1. The van der Waals surface area contributed by atoms with Gasteiger partial charge in [-0.05, 0) is 30.5 Å². The fourth-order valence-corrected chi connectivity index (χ4v) is 4.45. The molecule has 2 aromatic carbocycles. The molecule has 2 heterocycles. The molecule has 9 nitrogen and oxygen atoms in total. The smallest absolute Gasteiger partial charge is 0.295 e. The molecule has 2 saturated heterocycles. The van der Waals surface area contributed by atoms with Crippen molar-refractivity contribution < 1.29 is 28.7 Å².